The number of nitriles is 1. The van der Waals surface area contributed by atoms with Gasteiger partial charge in [-0.1, -0.05) is 5.16 Å². The highest BCUT2D eigenvalue weighted by atomic mass is 16.6. The van der Waals surface area contributed by atoms with Crippen LogP contribution in [-0.4, -0.2) is 30.3 Å². The number of methoxy groups -OCH3 is 2. The van der Waals surface area contributed by atoms with Gasteiger partial charge in [-0.05, 0) is 42.5 Å². The zero-order valence-electron chi connectivity index (χ0n) is 14.6. The van der Waals surface area contributed by atoms with Crippen molar-refractivity contribution in [2.45, 2.75) is 6.61 Å². The van der Waals surface area contributed by atoms with Crippen LogP contribution in [0.25, 0.3) is 11.4 Å². The average Bonchev–Trinajstić information content (AvgIpc) is 3.20. The summed E-state index contributed by atoms with van der Waals surface area (Å²) in [5.41, 5.74) is 1.46. The SMILES string of the molecule is COc1ccc(-c2noc(COC(=O)c3ccc(C#N)cc3)n2)cc1OC. The molecule has 0 amide bonds. The minimum Gasteiger partial charge on any atom is -0.493 e. The topological polar surface area (TPSA) is 107 Å². The number of ether oxygens (including phenoxy) is 3. The third-order valence-corrected chi connectivity index (χ3v) is 3.69. The van der Waals surface area contributed by atoms with Gasteiger partial charge in [0.05, 0.1) is 31.4 Å². The molecule has 0 aliphatic heterocycles. The van der Waals surface area contributed by atoms with Crippen LogP contribution in [0.3, 0.4) is 0 Å². The molecule has 0 N–H and O–H groups in total. The van der Waals surface area contributed by atoms with E-state index in [1.54, 1.807) is 37.4 Å². The zero-order chi connectivity index (χ0) is 19.2. The van der Waals surface area contributed by atoms with Crippen molar-refractivity contribution in [2.75, 3.05) is 14.2 Å². The normalized spacial score (nSPS) is 10.1. The van der Waals surface area contributed by atoms with Crippen molar-refractivity contribution < 1.29 is 23.5 Å². The first kappa shape index (κ1) is 17.9. The Bertz CT molecular complexity index is 989. The lowest BCUT2D eigenvalue weighted by molar-refractivity contribution is 0.0430. The van der Waals surface area contributed by atoms with Gasteiger partial charge in [-0.2, -0.15) is 10.2 Å². The predicted molar refractivity (Wildman–Crippen MR) is 93.1 cm³/mol. The smallest absolute Gasteiger partial charge is 0.338 e. The number of carbonyl (C=O) groups excluding carboxylic acids is 1. The van der Waals surface area contributed by atoms with Gasteiger partial charge < -0.3 is 18.7 Å². The fourth-order valence-corrected chi connectivity index (χ4v) is 2.30. The average molecular weight is 365 g/mol. The summed E-state index contributed by atoms with van der Waals surface area (Å²) < 4.78 is 20.7. The van der Waals surface area contributed by atoms with Crippen LogP contribution in [0.4, 0.5) is 0 Å². The number of carbonyl (C=O) groups is 1. The monoisotopic (exact) mass is 365 g/mol. The van der Waals surface area contributed by atoms with Crippen LogP contribution in [0.1, 0.15) is 21.8 Å². The molecule has 0 bridgehead atoms. The molecule has 8 heteroatoms. The van der Waals surface area contributed by atoms with Crippen LogP contribution in [0.5, 0.6) is 11.5 Å². The van der Waals surface area contributed by atoms with Crippen LogP contribution in [-0.2, 0) is 11.3 Å². The summed E-state index contributed by atoms with van der Waals surface area (Å²) in [6.07, 6.45) is 0. The highest BCUT2D eigenvalue weighted by molar-refractivity contribution is 5.89. The lowest BCUT2D eigenvalue weighted by atomic mass is 10.1. The molecule has 8 nitrogen and oxygen atoms in total. The fraction of sp³-hybridized carbons (Fsp3) is 0.158. The van der Waals surface area contributed by atoms with Crippen LogP contribution >= 0.6 is 0 Å². The molecule has 136 valence electrons. The molecule has 0 saturated heterocycles. The first-order chi connectivity index (χ1) is 13.1. The predicted octanol–water partition coefficient (Wildman–Crippen LogP) is 2.98. The molecule has 3 aromatic rings. The molecule has 0 spiro atoms. The van der Waals surface area contributed by atoms with Gasteiger partial charge in [0.15, 0.2) is 18.1 Å². The van der Waals surface area contributed by atoms with Crippen molar-refractivity contribution in [2.24, 2.45) is 0 Å². The lowest BCUT2D eigenvalue weighted by Gasteiger charge is -2.07. The number of nitrogens with zero attached hydrogens (tertiary/aromatic N) is 3. The molecule has 3 rings (SSSR count). The van der Waals surface area contributed by atoms with Gasteiger partial charge in [-0.3, -0.25) is 0 Å². The van der Waals surface area contributed by atoms with Gasteiger partial charge in [-0.25, -0.2) is 4.79 Å². The summed E-state index contributed by atoms with van der Waals surface area (Å²) in [6.45, 7) is -0.168. The van der Waals surface area contributed by atoms with Gasteiger partial charge in [0, 0.05) is 5.56 Å². The van der Waals surface area contributed by atoms with E-state index < -0.39 is 5.97 Å². The molecule has 27 heavy (non-hydrogen) atoms. The number of hydrogen-bond acceptors (Lipinski definition) is 8. The quantitative estimate of drug-likeness (QED) is 0.614. The third kappa shape index (κ3) is 4.04. The lowest BCUT2D eigenvalue weighted by Crippen LogP contribution is -2.05. The molecule has 0 radical (unpaired) electrons. The molecule has 0 aliphatic rings. The van der Waals surface area contributed by atoms with E-state index >= 15 is 0 Å². The maximum absolute atomic E-state index is 12.0. The number of aromatic nitrogens is 2. The van der Waals surface area contributed by atoms with Crippen LogP contribution in [0.15, 0.2) is 47.0 Å². The molecule has 1 heterocycles. The van der Waals surface area contributed by atoms with Gasteiger partial charge in [0.2, 0.25) is 5.82 Å². The Balaban J connectivity index is 1.67. The highest BCUT2D eigenvalue weighted by Gasteiger charge is 2.14. The zero-order valence-corrected chi connectivity index (χ0v) is 14.6. The molecule has 1 aromatic heterocycles. The summed E-state index contributed by atoms with van der Waals surface area (Å²) in [5.74, 6) is 1.06. The van der Waals surface area contributed by atoms with Crippen LogP contribution in [0, 0.1) is 11.3 Å². The Labute approximate surface area is 154 Å². The van der Waals surface area contributed by atoms with E-state index in [0.717, 1.165) is 0 Å². The molecule has 0 fully saturated rings. The van der Waals surface area contributed by atoms with Crippen molar-refractivity contribution in [1.29, 1.82) is 5.26 Å². The first-order valence-electron chi connectivity index (χ1n) is 7.87. The highest BCUT2D eigenvalue weighted by Crippen LogP contribution is 2.31. The first-order valence-corrected chi connectivity index (χ1v) is 7.87. The van der Waals surface area contributed by atoms with E-state index in [0.29, 0.717) is 34.0 Å². The number of rotatable bonds is 6. The minimum absolute atomic E-state index is 0.154. The van der Waals surface area contributed by atoms with Gasteiger partial charge >= 0.3 is 5.97 Å². The van der Waals surface area contributed by atoms with E-state index in [1.165, 1.54) is 19.2 Å². The Morgan fingerprint density at radius 1 is 1.11 bits per heavy atom. The van der Waals surface area contributed by atoms with Gasteiger partial charge in [0.1, 0.15) is 0 Å². The summed E-state index contributed by atoms with van der Waals surface area (Å²) in [5, 5.41) is 12.6. The van der Waals surface area contributed by atoms with Crippen molar-refractivity contribution >= 4 is 5.97 Å². The van der Waals surface area contributed by atoms with E-state index in [-0.39, 0.29) is 12.5 Å². The summed E-state index contributed by atoms with van der Waals surface area (Å²) >= 11 is 0. The fourth-order valence-electron chi connectivity index (χ4n) is 2.30. The number of hydrogen-bond donors (Lipinski definition) is 0. The van der Waals surface area contributed by atoms with E-state index in [4.69, 9.17) is 24.0 Å². The maximum atomic E-state index is 12.0. The molecule has 0 unspecified atom stereocenters. The second-order valence-corrected chi connectivity index (χ2v) is 5.35. The Morgan fingerprint density at radius 2 is 1.85 bits per heavy atom. The molecule has 2 aromatic carbocycles. The third-order valence-electron chi connectivity index (χ3n) is 3.69. The van der Waals surface area contributed by atoms with E-state index in [1.807, 2.05) is 6.07 Å². The maximum Gasteiger partial charge on any atom is 0.338 e. The Morgan fingerprint density at radius 3 is 2.52 bits per heavy atom. The minimum atomic E-state index is -0.551. The molecule has 0 saturated carbocycles. The van der Waals surface area contributed by atoms with Crippen LogP contribution in [0.2, 0.25) is 0 Å². The number of benzene rings is 2. The summed E-state index contributed by atoms with van der Waals surface area (Å²) in [4.78, 5) is 16.2. The Kier molecular flexibility index (Phi) is 5.33. The Hall–Kier alpha value is -3.86. The van der Waals surface area contributed by atoms with Gasteiger partial charge in [0.25, 0.3) is 5.89 Å². The number of esters is 1. The van der Waals surface area contributed by atoms with Crippen molar-refractivity contribution in [3.63, 3.8) is 0 Å². The van der Waals surface area contributed by atoms with E-state index in [9.17, 15) is 4.79 Å². The molecule has 0 atom stereocenters. The standard InChI is InChI=1S/C19H15N3O5/c1-24-15-8-7-14(9-16(15)25-2)18-21-17(27-22-18)11-26-19(23)13-5-3-12(10-20)4-6-13/h3-9H,11H2,1-2H3. The second kappa shape index (κ2) is 8.01. The molecular weight excluding hydrogens is 350 g/mol. The van der Waals surface area contributed by atoms with Crippen LogP contribution < -0.4 is 9.47 Å². The van der Waals surface area contributed by atoms with Crippen molar-refractivity contribution in [3.05, 3.63) is 59.5 Å². The van der Waals surface area contributed by atoms with Crippen molar-refractivity contribution in [3.8, 4) is 29.0 Å². The molecule has 0 aliphatic carbocycles. The second-order valence-electron chi connectivity index (χ2n) is 5.35. The van der Waals surface area contributed by atoms with Crippen molar-refractivity contribution in [1.82, 2.24) is 10.1 Å². The largest absolute Gasteiger partial charge is 0.493 e. The van der Waals surface area contributed by atoms with Gasteiger partial charge in [-0.15, -0.1) is 0 Å². The summed E-state index contributed by atoms with van der Waals surface area (Å²) in [6, 6.07) is 13.3. The molecular formula is C19H15N3O5. The van der Waals surface area contributed by atoms with E-state index in [2.05, 4.69) is 10.1 Å². The summed E-state index contributed by atoms with van der Waals surface area (Å²) in [7, 11) is 3.08.